The standard InChI is InChI=1S/C14H24N4O3S/c1-3-16-14(18-9-11-22(15,19)20)17-8-10-21-13-6-4-12(2)5-7-13/h4-7H,3,8-11H2,1-2H3,(H2,15,19,20)(H2,16,17,18). The van der Waals surface area contributed by atoms with E-state index in [-0.39, 0.29) is 12.3 Å². The number of benzene rings is 1. The fourth-order valence-electron chi connectivity index (χ4n) is 1.60. The van der Waals surface area contributed by atoms with Gasteiger partial charge in [0.1, 0.15) is 12.4 Å². The van der Waals surface area contributed by atoms with E-state index in [2.05, 4.69) is 15.6 Å². The Morgan fingerprint density at radius 1 is 1.27 bits per heavy atom. The van der Waals surface area contributed by atoms with Crippen LogP contribution in [0.4, 0.5) is 0 Å². The molecule has 0 bridgehead atoms. The number of ether oxygens (including phenoxy) is 1. The number of nitrogens with zero attached hydrogens (tertiary/aromatic N) is 1. The fraction of sp³-hybridized carbons (Fsp3) is 0.500. The van der Waals surface area contributed by atoms with Crippen molar-refractivity contribution < 1.29 is 13.2 Å². The Morgan fingerprint density at radius 3 is 2.55 bits per heavy atom. The lowest BCUT2D eigenvalue weighted by molar-refractivity contribution is 0.322. The Labute approximate surface area is 132 Å². The summed E-state index contributed by atoms with van der Waals surface area (Å²) in [4.78, 5) is 4.13. The van der Waals surface area contributed by atoms with Gasteiger partial charge in [-0.2, -0.15) is 0 Å². The molecule has 22 heavy (non-hydrogen) atoms. The van der Waals surface area contributed by atoms with Crippen LogP contribution < -0.4 is 20.5 Å². The molecule has 1 aromatic rings. The van der Waals surface area contributed by atoms with Gasteiger partial charge in [0.25, 0.3) is 0 Å². The second-order valence-corrected chi connectivity index (χ2v) is 6.45. The molecule has 4 N–H and O–H groups in total. The minimum atomic E-state index is -3.49. The highest BCUT2D eigenvalue weighted by Crippen LogP contribution is 2.10. The monoisotopic (exact) mass is 328 g/mol. The van der Waals surface area contributed by atoms with Crippen molar-refractivity contribution in [2.75, 3.05) is 32.0 Å². The average Bonchev–Trinajstić information content (AvgIpc) is 2.44. The number of rotatable bonds is 8. The normalized spacial score (nSPS) is 12.0. The first-order chi connectivity index (χ1) is 10.4. The Hall–Kier alpha value is -1.80. The van der Waals surface area contributed by atoms with Gasteiger partial charge in [0.2, 0.25) is 10.0 Å². The topological polar surface area (TPSA) is 106 Å². The van der Waals surface area contributed by atoms with Crippen LogP contribution in [0.2, 0.25) is 0 Å². The first-order valence-electron chi connectivity index (χ1n) is 7.13. The maximum atomic E-state index is 10.9. The van der Waals surface area contributed by atoms with Gasteiger partial charge >= 0.3 is 0 Å². The quantitative estimate of drug-likeness (QED) is 0.359. The van der Waals surface area contributed by atoms with Crippen LogP contribution in [-0.4, -0.2) is 46.4 Å². The third-order valence-electron chi connectivity index (χ3n) is 2.67. The fourth-order valence-corrected chi connectivity index (χ4v) is 1.95. The predicted molar refractivity (Wildman–Crippen MR) is 88.6 cm³/mol. The van der Waals surface area contributed by atoms with Crippen LogP contribution in [0, 0.1) is 6.92 Å². The number of aryl methyl sites for hydroxylation is 1. The molecule has 0 aliphatic carbocycles. The second-order valence-electron chi connectivity index (χ2n) is 4.72. The van der Waals surface area contributed by atoms with Crippen LogP contribution in [0.5, 0.6) is 5.75 Å². The Balaban J connectivity index is 2.34. The molecule has 1 rings (SSSR count). The minimum Gasteiger partial charge on any atom is -0.492 e. The Morgan fingerprint density at radius 2 is 1.95 bits per heavy atom. The first kappa shape index (κ1) is 18.2. The van der Waals surface area contributed by atoms with Crippen molar-refractivity contribution in [1.82, 2.24) is 10.6 Å². The number of nitrogens with one attached hydrogen (secondary N) is 2. The number of hydrogen-bond donors (Lipinski definition) is 3. The highest BCUT2D eigenvalue weighted by molar-refractivity contribution is 7.89. The lowest BCUT2D eigenvalue weighted by atomic mass is 10.2. The van der Waals surface area contributed by atoms with E-state index < -0.39 is 10.0 Å². The average molecular weight is 328 g/mol. The van der Waals surface area contributed by atoms with Crippen molar-refractivity contribution in [3.8, 4) is 5.75 Å². The second kappa shape index (κ2) is 9.26. The SMILES string of the molecule is CCNC(=NCCS(N)(=O)=O)NCCOc1ccc(C)cc1. The summed E-state index contributed by atoms with van der Waals surface area (Å²) in [6, 6.07) is 7.81. The van der Waals surface area contributed by atoms with E-state index in [1.165, 1.54) is 5.56 Å². The summed E-state index contributed by atoms with van der Waals surface area (Å²) in [5, 5.41) is 11.0. The van der Waals surface area contributed by atoms with Crippen LogP contribution >= 0.6 is 0 Å². The molecule has 0 radical (unpaired) electrons. The molecule has 0 heterocycles. The van der Waals surface area contributed by atoms with E-state index >= 15 is 0 Å². The number of primary sulfonamides is 1. The Bertz CT molecular complexity index is 570. The maximum absolute atomic E-state index is 10.9. The lowest BCUT2D eigenvalue weighted by Crippen LogP contribution is -2.39. The van der Waals surface area contributed by atoms with Gasteiger partial charge in [0.05, 0.1) is 18.8 Å². The molecule has 1 aromatic carbocycles. The van der Waals surface area contributed by atoms with E-state index in [1.807, 2.05) is 38.1 Å². The van der Waals surface area contributed by atoms with Gasteiger partial charge in [-0.3, -0.25) is 4.99 Å². The number of aliphatic imine (C=N–C) groups is 1. The molecular formula is C14H24N4O3S. The van der Waals surface area contributed by atoms with Gasteiger partial charge in [0, 0.05) is 6.54 Å². The van der Waals surface area contributed by atoms with Crippen molar-refractivity contribution in [3.05, 3.63) is 29.8 Å². The van der Waals surface area contributed by atoms with Gasteiger partial charge in [-0.05, 0) is 26.0 Å². The molecule has 124 valence electrons. The molecule has 0 spiro atoms. The van der Waals surface area contributed by atoms with E-state index in [0.717, 1.165) is 5.75 Å². The van der Waals surface area contributed by atoms with Crippen molar-refractivity contribution in [3.63, 3.8) is 0 Å². The lowest BCUT2D eigenvalue weighted by Gasteiger charge is -2.12. The van der Waals surface area contributed by atoms with Crippen molar-refractivity contribution in [1.29, 1.82) is 0 Å². The van der Waals surface area contributed by atoms with Crippen LogP contribution in [0.15, 0.2) is 29.3 Å². The van der Waals surface area contributed by atoms with Crippen LogP contribution in [-0.2, 0) is 10.0 Å². The zero-order valence-electron chi connectivity index (χ0n) is 13.0. The highest BCUT2D eigenvalue weighted by Gasteiger charge is 2.02. The van der Waals surface area contributed by atoms with E-state index in [0.29, 0.717) is 25.7 Å². The molecule has 8 heteroatoms. The number of sulfonamides is 1. The van der Waals surface area contributed by atoms with Gasteiger partial charge in [-0.15, -0.1) is 0 Å². The largest absolute Gasteiger partial charge is 0.492 e. The van der Waals surface area contributed by atoms with Crippen LogP contribution in [0.1, 0.15) is 12.5 Å². The third kappa shape index (κ3) is 8.48. The molecule has 0 saturated carbocycles. The molecule has 0 aromatic heterocycles. The first-order valence-corrected chi connectivity index (χ1v) is 8.84. The van der Waals surface area contributed by atoms with Crippen LogP contribution in [0.3, 0.4) is 0 Å². The predicted octanol–water partition coefficient (Wildman–Crippen LogP) is 0.217. The zero-order chi connectivity index (χ0) is 16.4. The van der Waals surface area contributed by atoms with E-state index in [4.69, 9.17) is 9.88 Å². The van der Waals surface area contributed by atoms with Crippen LogP contribution in [0.25, 0.3) is 0 Å². The van der Waals surface area contributed by atoms with Gasteiger partial charge in [-0.1, -0.05) is 17.7 Å². The van der Waals surface area contributed by atoms with Gasteiger partial charge in [0.15, 0.2) is 5.96 Å². The molecule has 0 unspecified atom stereocenters. The smallest absolute Gasteiger partial charge is 0.210 e. The third-order valence-corrected chi connectivity index (χ3v) is 3.43. The summed E-state index contributed by atoms with van der Waals surface area (Å²) >= 11 is 0. The summed E-state index contributed by atoms with van der Waals surface area (Å²) in [7, 11) is -3.49. The molecule has 0 fully saturated rings. The highest BCUT2D eigenvalue weighted by atomic mass is 32.2. The summed E-state index contributed by atoms with van der Waals surface area (Å²) in [6.45, 7) is 5.77. The summed E-state index contributed by atoms with van der Waals surface area (Å²) in [5.41, 5.74) is 1.18. The zero-order valence-corrected chi connectivity index (χ0v) is 13.8. The summed E-state index contributed by atoms with van der Waals surface area (Å²) < 4.78 is 27.3. The van der Waals surface area contributed by atoms with Gasteiger partial charge in [-0.25, -0.2) is 13.6 Å². The molecule has 7 nitrogen and oxygen atoms in total. The molecule has 0 saturated heterocycles. The molecular weight excluding hydrogens is 304 g/mol. The van der Waals surface area contributed by atoms with Crippen molar-refractivity contribution in [2.24, 2.45) is 10.1 Å². The number of nitrogens with two attached hydrogens (primary N) is 1. The molecule has 0 aliphatic heterocycles. The number of guanidine groups is 1. The van der Waals surface area contributed by atoms with E-state index in [1.54, 1.807) is 0 Å². The van der Waals surface area contributed by atoms with Crippen molar-refractivity contribution in [2.45, 2.75) is 13.8 Å². The van der Waals surface area contributed by atoms with E-state index in [9.17, 15) is 8.42 Å². The summed E-state index contributed by atoms with van der Waals surface area (Å²) in [6.07, 6.45) is 0. The molecule has 0 aliphatic rings. The summed E-state index contributed by atoms with van der Waals surface area (Å²) in [5.74, 6) is 1.17. The minimum absolute atomic E-state index is 0.118. The number of hydrogen-bond acceptors (Lipinski definition) is 4. The van der Waals surface area contributed by atoms with Gasteiger partial charge < -0.3 is 15.4 Å². The molecule has 0 amide bonds. The van der Waals surface area contributed by atoms with Crippen molar-refractivity contribution >= 4 is 16.0 Å². The maximum Gasteiger partial charge on any atom is 0.210 e. The molecule has 0 atom stereocenters. The Kier molecular flexibility index (Phi) is 7.69.